The summed E-state index contributed by atoms with van der Waals surface area (Å²) in [5.74, 6) is 0.748. The third kappa shape index (κ3) is 3.43. The average molecular weight is 262 g/mol. The first kappa shape index (κ1) is 13.3. The topological polar surface area (TPSA) is 74.3 Å². The molecule has 1 atom stereocenters. The molecule has 2 amide bonds. The summed E-state index contributed by atoms with van der Waals surface area (Å²) in [5.41, 5.74) is 0.562. The molecule has 2 N–H and O–H groups in total. The Morgan fingerprint density at radius 2 is 2.26 bits per heavy atom. The number of carbonyl (C=O) groups is 2. The van der Waals surface area contributed by atoms with E-state index < -0.39 is 0 Å². The van der Waals surface area contributed by atoms with Crippen LogP contribution in [0, 0.1) is 0 Å². The van der Waals surface area contributed by atoms with Crippen LogP contribution in [0.25, 0.3) is 0 Å². The van der Waals surface area contributed by atoms with Crippen LogP contribution in [0.15, 0.2) is 18.3 Å². The van der Waals surface area contributed by atoms with Gasteiger partial charge in [-0.15, -0.1) is 0 Å². The molecule has 1 aromatic heterocycles. The monoisotopic (exact) mass is 262 g/mol. The molecule has 0 aliphatic carbocycles. The molecule has 1 aliphatic rings. The van der Waals surface area contributed by atoms with Crippen LogP contribution >= 0.6 is 0 Å². The zero-order chi connectivity index (χ0) is 13.8. The summed E-state index contributed by atoms with van der Waals surface area (Å²) in [4.78, 5) is 28.5. The highest BCUT2D eigenvalue weighted by Gasteiger charge is 2.18. The number of pyridine rings is 1. The number of hydrogen-bond acceptors (Lipinski definition) is 4. The van der Waals surface area contributed by atoms with Crippen LogP contribution in [0.4, 0.5) is 5.82 Å². The highest BCUT2D eigenvalue weighted by atomic mass is 16.2. The average Bonchev–Trinajstić information content (AvgIpc) is 2.41. The van der Waals surface area contributed by atoms with Crippen molar-refractivity contribution in [2.24, 2.45) is 0 Å². The summed E-state index contributed by atoms with van der Waals surface area (Å²) in [6.07, 6.45) is 2.90. The first-order chi connectivity index (χ1) is 9.06. The summed E-state index contributed by atoms with van der Waals surface area (Å²) in [7, 11) is 3.42. The molecule has 1 fully saturated rings. The van der Waals surface area contributed by atoms with Gasteiger partial charge in [-0.1, -0.05) is 0 Å². The Kier molecular flexibility index (Phi) is 3.99. The Balaban J connectivity index is 1.95. The second kappa shape index (κ2) is 5.69. The minimum Gasteiger partial charge on any atom is -0.366 e. The Bertz CT molecular complexity index is 460. The summed E-state index contributed by atoms with van der Waals surface area (Å²) in [5, 5.41) is 6.05. The molecule has 19 heavy (non-hydrogen) atoms. The van der Waals surface area contributed by atoms with Gasteiger partial charge in [-0.05, 0) is 18.6 Å². The van der Waals surface area contributed by atoms with Gasteiger partial charge in [0.1, 0.15) is 5.82 Å². The maximum Gasteiger partial charge on any atom is 0.254 e. The van der Waals surface area contributed by atoms with E-state index in [2.05, 4.69) is 15.6 Å². The predicted molar refractivity (Wildman–Crippen MR) is 71.9 cm³/mol. The third-order valence-corrected chi connectivity index (χ3v) is 3.03. The van der Waals surface area contributed by atoms with Gasteiger partial charge in [0.2, 0.25) is 5.91 Å². The van der Waals surface area contributed by atoms with Gasteiger partial charge in [0.25, 0.3) is 5.91 Å². The van der Waals surface area contributed by atoms with Gasteiger partial charge in [0.05, 0.1) is 5.56 Å². The number of hydrogen-bond donors (Lipinski definition) is 2. The van der Waals surface area contributed by atoms with Crippen LogP contribution in [0.2, 0.25) is 0 Å². The highest BCUT2D eigenvalue weighted by Crippen LogP contribution is 2.11. The van der Waals surface area contributed by atoms with E-state index in [1.807, 2.05) is 0 Å². The van der Waals surface area contributed by atoms with E-state index in [0.29, 0.717) is 18.5 Å². The Morgan fingerprint density at radius 1 is 1.47 bits per heavy atom. The van der Waals surface area contributed by atoms with E-state index in [9.17, 15) is 9.59 Å². The van der Waals surface area contributed by atoms with E-state index in [1.54, 1.807) is 32.4 Å². The van der Waals surface area contributed by atoms with Gasteiger partial charge in [0, 0.05) is 39.3 Å². The third-order valence-electron chi connectivity index (χ3n) is 3.03. The standard InChI is InChI=1S/C13H18N4O2/c1-17(2)13(19)9-3-5-11(14-7-9)16-10-4-6-12(18)15-8-10/h3,5,7,10H,4,6,8H2,1-2H3,(H,14,16)(H,15,18). The number of amides is 2. The van der Waals surface area contributed by atoms with E-state index in [1.165, 1.54) is 4.90 Å². The smallest absolute Gasteiger partial charge is 0.254 e. The minimum atomic E-state index is -0.0658. The number of carbonyl (C=O) groups excluding carboxylic acids is 2. The number of nitrogens with zero attached hydrogens (tertiary/aromatic N) is 2. The van der Waals surface area contributed by atoms with Crippen LogP contribution in [0.3, 0.4) is 0 Å². The zero-order valence-electron chi connectivity index (χ0n) is 11.1. The van der Waals surface area contributed by atoms with E-state index in [-0.39, 0.29) is 17.9 Å². The van der Waals surface area contributed by atoms with E-state index in [0.717, 1.165) is 12.2 Å². The lowest BCUT2D eigenvalue weighted by Crippen LogP contribution is -2.42. The van der Waals surface area contributed by atoms with Gasteiger partial charge >= 0.3 is 0 Å². The van der Waals surface area contributed by atoms with Crippen molar-refractivity contribution in [1.82, 2.24) is 15.2 Å². The second-order valence-electron chi connectivity index (χ2n) is 4.82. The molecule has 102 valence electrons. The van der Waals surface area contributed by atoms with Crippen molar-refractivity contribution in [2.45, 2.75) is 18.9 Å². The molecule has 2 rings (SSSR count). The van der Waals surface area contributed by atoms with E-state index in [4.69, 9.17) is 0 Å². The van der Waals surface area contributed by atoms with Crippen LogP contribution < -0.4 is 10.6 Å². The molecule has 0 saturated carbocycles. The predicted octanol–water partition coefficient (Wildman–Crippen LogP) is 0.474. The van der Waals surface area contributed by atoms with Crippen molar-refractivity contribution < 1.29 is 9.59 Å². The lowest BCUT2D eigenvalue weighted by atomic mass is 10.1. The SMILES string of the molecule is CN(C)C(=O)c1ccc(NC2CCC(=O)NC2)nc1. The number of rotatable bonds is 3. The van der Waals surface area contributed by atoms with Crippen molar-refractivity contribution in [3.8, 4) is 0 Å². The van der Waals surface area contributed by atoms with Gasteiger partial charge in [-0.25, -0.2) is 4.98 Å². The van der Waals surface area contributed by atoms with Gasteiger partial charge < -0.3 is 15.5 Å². The van der Waals surface area contributed by atoms with Crippen LogP contribution in [0.5, 0.6) is 0 Å². The summed E-state index contributed by atoms with van der Waals surface area (Å²) >= 11 is 0. The van der Waals surface area contributed by atoms with Gasteiger partial charge in [-0.2, -0.15) is 0 Å². The molecular weight excluding hydrogens is 244 g/mol. The highest BCUT2D eigenvalue weighted by molar-refractivity contribution is 5.93. The molecule has 0 radical (unpaired) electrons. The van der Waals surface area contributed by atoms with E-state index >= 15 is 0 Å². The Labute approximate surface area is 112 Å². The largest absolute Gasteiger partial charge is 0.366 e. The zero-order valence-corrected chi connectivity index (χ0v) is 11.1. The first-order valence-corrected chi connectivity index (χ1v) is 6.27. The molecule has 1 unspecified atom stereocenters. The Morgan fingerprint density at radius 3 is 2.79 bits per heavy atom. The summed E-state index contributed by atoms with van der Waals surface area (Å²) in [6.45, 7) is 0.610. The lowest BCUT2D eigenvalue weighted by molar-refractivity contribution is -0.122. The van der Waals surface area contributed by atoms with Crippen LogP contribution in [0.1, 0.15) is 23.2 Å². The van der Waals surface area contributed by atoms with Gasteiger partial charge in [0.15, 0.2) is 0 Å². The molecule has 6 nitrogen and oxygen atoms in total. The second-order valence-corrected chi connectivity index (χ2v) is 4.82. The molecule has 0 aromatic carbocycles. The molecule has 6 heteroatoms. The minimum absolute atomic E-state index is 0.0658. The van der Waals surface area contributed by atoms with Crippen molar-refractivity contribution in [2.75, 3.05) is 26.0 Å². The van der Waals surface area contributed by atoms with Gasteiger partial charge in [-0.3, -0.25) is 9.59 Å². The lowest BCUT2D eigenvalue weighted by Gasteiger charge is -2.23. The fraction of sp³-hybridized carbons (Fsp3) is 0.462. The number of aromatic nitrogens is 1. The molecule has 1 aromatic rings. The maximum absolute atomic E-state index is 11.7. The normalized spacial score (nSPS) is 18.6. The molecular formula is C13H18N4O2. The number of nitrogens with one attached hydrogen (secondary N) is 2. The van der Waals surface area contributed by atoms with Crippen molar-refractivity contribution in [3.63, 3.8) is 0 Å². The molecule has 0 bridgehead atoms. The molecule has 1 aliphatic heterocycles. The van der Waals surface area contributed by atoms with Crippen molar-refractivity contribution >= 4 is 17.6 Å². The molecule has 2 heterocycles. The fourth-order valence-corrected chi connectivity index (χ4v) is 1.93. The summed E-state index contributed by atoms with van der Waals surface area (Å²) in [6, 6.07) is 3.73. The van der Waals surface area contributed by atoms with Crippen LogP contribution in [-0.2, 0) is 4.79 Å². The first-order valence-electron chi connectivity index (χ1n) is 6.27. The maximum atomic E-state index is 11.7. The van der Waals surface area contributed by atoms with Crippen molar-refractivity contribution in [3.05, 3.63) is 23.9 Å². The quantitative estimate of drug-likeness (QED) is 0.830. The molecule has 1 saturated heterocycles. The summed E-state index contributed by atoms with van der Waals surface area (Å²) < 4.78 is 0. The Hall–Kier alpha value is -2.11. The molecule has 0 spiro atoms. The number of anilines is 1. The van der Waals surface area contributed by atoms with Crippen molar-refractivity contribution in [1.29, 1.82) is 0 Å². The van der Waals surface area contributed by atoms with Crippen LogP contribution in [-0.4, -0.2) is 48.4 Å². The number of piperidine rings is 1. The fourth-order valence-electron chi connectivity index (χ4n) is 1.93.